The number of likely N-dealkylation sites (tertiary alicyclic amines) is 2. The molecule has 2 aromatic carbocycles. The van der Waals surface area contributed by atoms with Gasteiger partial charge in [0.2, 0.25) is 0 Å². The molecule has 0 aromatic heterocycles. The maximum Gasteiger partial charge on any atom is 0.254 e. The van der Waals surface area contributed by atoms with Crippen LogP contribution in [0.25, 0.3) is 11.1 Å². The van der Waals surface area contributed by atoms with Crippen LogP contribution in [0.1, 0.15) is 45.5 Å². The van der Waals surface area contributed by atoms with Gasteiger partial charge in [0.05, 0.1) is 6.10 Å². The lowest BCUT2D eigenvalue weighted by Crippen LogP contribution is -2.42. The third kappa shape index (κ3) is 4.68. The summed E-state index contributed by atoms with van der Waals surface area (Å²) in [7, 11) is 1.70. The lowest BCUT2D eigenvalue weighted by molar-refractivity contribution is 0.0718. The Morgan fingerprint density at radius 1 is 0.970 bits per heavy atom. The molecule has 6 heteroatoms. The van der Waals surface area contributed by atoms with E-state index >= 15 is 0 Å². The van der Waals surface area contributed by atoms with E-state index in [9.17, 15) is 9.59 Å². The van der Waals surface area contributed by atoms with E-state index in [1.54, 1.807) is 7.11 Å². The number of nitrogens with zero attached hydrogens (tertiary/aromatic N) is 3. The van der Waals surface area contributed by atoms with Gasteiger partial charge in [0, 0.05) is 51.0 Å². The van der Waals surface area contributed by atoms with Crippen LogP contribution in [0.3, 0.4) is 0 Å². The van der Waals surface area contributed by atoms with Crippen LogP contribution in [0.15, 0.2) is 42.5 Å². The van der Waals surface area contributed by atoms with E-state index in [4.69, 9.17) is 4.74 Å². The second-order valence-corrected chi connectivity index (χ2v) is 9.44. The number of hydrogen-bond donors (Lipinski definition) is 0. The van der Waals surface area contributed by atoms with Crippen molar-refractivity contribution in [2.24, 2.45) is 0 Å². The predicted octanol–water partition coefficient (Wildman–Crippen LogP) is 3.31. The van der Waals surface area contributed by atoms with Crippen LogP contribution in [0, 0.1) is 0 Å². The van der Waals surface area contributed by atoms with E-state index in [1.807, 2.05) is 46.2 Å². The largest absolute Gasteiger partial charge is 0.380 e. The first-order chi connectivity index (χ1) is 16.1. The number of methoxy groups -OCH3 is 1. The quantitative estimate of drug-likeness (QED) is 0.682. The highest BCUT2D eigenvalue weighted by Gasteiger charge is 2.27. The molecule has 0 radical (unpaired) electrons. The first kappa shape index (κ1) is 22.1. The van der Waals surface area contributed by atoms with Crippen molar-refractivity contribution in [1.29, 1.82) is 0 Å². The van der Waals surface area contributed by atoms with Crippen LogP contribution in [0.4, 0.5) is 0 Å². The molecule has 0 saturated carbocycles. The number of carbonyl (C=O) groups is 2. The van der Waals surface area contributed by atoms with Crippen molar-refractivity contribution in [2.75, 3.05) is 52.9 Å². The number of fused-ring (bicyclic) bond motifs is 1. The van der Waals surface area contributed by atoms with E-state index in [1.165, 1.54) is 12.8 Å². The maximum absolute atomic E-state index is 13.0. The Hall–Kier alpha value is -2.70. The summed E-state index contributed by atoms with van der Waals surface area (Å²) < 4.78 is 5.38. The van der Waals surface area contributed by atoms with Gasteiger partial charge < -0.3 is 19.4 Å². The molecule has 3 aliphatic rings. The van der Waals surface area contributed by atoms with Crippen LogP contribution in [-0.4, -0.2) is 85.5 Å². The number of amides is 2. The molecule has 0 bridgehead atoms. The Balaban J connectivity index is 1.25. The van der Waals surface area contributed by atoms with Crippen LogP contribution in [-0.2, 0) is 11.2 Å². The molecule has 2 fully saturated rings. The van der Waals surface area contributed by atoms with Crippen molar-refractivity contribution in [1.82, 2.24) is 14.7 Å². The van der Waals surface area contributed by atoms with Gasteiger partial charge in [-0.15, -0.1) is 0 Å². The van der Waals surface area contributed by atoms with Gasteiger partial charge in [0.1, 0.15) is 0 Å². The predicted molar refractivity (Wildman–Crippen MR) is 128 cm³/mol. The molecule has 6 nitrogen and oxygen atoms in total. The van der Waals surface area contributed by atoms with Crippen LogP contribution in [0.5, 0.6) is 0 Å². The molecule has 5 rings (SSSR count). The summed E-state index contributed by atoms with van der Waals surface area (Å²) >= 11 is 0. The number of rotatable bonds is 6. The molecule has 3 aliphatic heterocycles. The Morgan fingerprint density at radius 2 is 1.73 bits per heavy atom. The minimum Gasteiger partial charge on any atom is -0.380 e. The molecule has 3 heterocycles. The highest BCUT2D eigenvalue weighted by Crippen LogP contribution is 2.27. The molecule has 2 amide bonds. The number of hydrogen-bond acceptors (Lipinski definition) is 4. The normalized spacial score (nSPS) is 21.0. The molecule has 2 saturated heterocycles. The van der Waals surface area contributed by atoms with Gasteiger partial charge in [-0.05, 0) is 73.7 Å². The van der Waals surface area contributed by atoms with Crippen molar-refractivity contribution in [2.45, 2.75) is 31.8 Å². The summed E-state index contributed by atoms with van der Waals surface area (Å²) in [6, 6.07) is 14.0. The molecule has 2 aromatic rings. The van der Waals surface area contributed by atoms with E-state index < -0.39 is 0 Å². The van der Waals surface area contributed by atoms with Crippen LogP contribution in [0.2, 0.25) is 0 Å². The summed E-state index contributed by atoms with van der Waals surface area (Å²) in [5, 5.41) is 0. The molecular formula is C27H33N3O3. The standard InChI is InChI=1S/C27H33N3O3/c1-33-24-11-15-30(19-24)26(31)21-6-4-20(5-7-21)22-8-9-25-23(18-22)10-14-29(27(25)32)17-16-28-12-2-3-13-28/h4-9,18,24H,2-3,10-17,19H2,1H3. The SMILES string of the molecule is COC1CCN(C(=O)c2ccc(-c3ccc4c(c3)CCN(CCN3CCCC3)C4=O)cc2)C1. The molecule has 1 atom stereocenters. The Kier molecular flexibility index (Phi) is 6.47. The molecule has 1 unspecified atom stereocenters. The average molecular weight is 448 g/mol. The number of ether oxygens (including phenoxy) is 1. The molecule has 0 N–H and O–H groups in total. The zero-order valence-corrected chi connectivity index (χ0v) is 19.5. The topological polar surface area (TPSA) is 53.1 Å². The van der Waals surface area contributed by atoms with Crippen molar-refractivity contribution < 1.29 is 14.3 Å². The van der Waals surface area contributed by atoms with Gasteiger partial charge >= 0.3 is 0 Å². The highest BCUT2D eigenvalue weighted by molar-refractivity contribution is 5.97. The van der Waals surface area contributed by atoms with Gasteiger partial charge in [-0.25, -0.2) is 0 Å². The van der Waals surface area contributed by atoms with Gasteiger partial charge in [-0.3, -0.25) is 9.59 Å². The summed E-state index contributed by atoms with van der Waals surface area (Å²) in [4.78, 5) is 32.1. The van der Waals surface area contributed by atoms with Crippen molar-refractivity contribution in [3.8, 4) is 11.1 Å². The molecular weight excluding hydrogens is 414 g/mol. The monoisotopic (exact) mass is 447 g/mol. The first-order valence-corrected chi connectivity index (χ1v) is 12.2. The molecule has 174 valence electrons. The Morgan fingerprint density at radius 3 is 2.45 bits per heavy atom. The minimum atomic E-state index is 0.0613. The first-order valence-electron chi connectivity index (χ1n) is 12.2. The summed E-state index contributed by atoms with van der Waals surface area (Å²) in [6.07, 6.45) is 4.48. The second-order valence-electron chi connectivity index (χ2n) is 9.44. The third-order valence-corrected chi connectivity index (χ3v) is 7.39. The van der Waals surface area contributed by atoms with Crippen LogP contribution < -0.4 is 0 Å². The fraction of sp³-hybridized carbons (Fsp3) is 0.481. The number of benzene rings is 2. The minimum absolute atomic E-state index is 0.0613. The lowest BCUT2D eigenvalue weighted by atomic mass is 9.93. The van der Waals surface area contributed by atoms with E-state index in [-0.39, 0.29) is 17.9 Å². The van der Waals surface area contributed by atoms with E-state index in [0.717, 1.165) is 74.4 Å². The number of carbonyl (C=O) groups excluding carboxylic acids is 2. The van der Waals surface area contributed by atoms with Gasteiger partial charge in [0.15, 0.2) is 0 Å². The molecule has 0 spiro atoms. The van der Waals surface area contributed by atoms with Gasteiger partial charge in [-0.1, -0.05) is 24.3 Å². The fourth-order valence-corrected chi connectivity index (χ4v) is 5.29. The highest BCUT2D eigenvalue weighted by atomic mass is 16.5. The zero-order chi connectivity index (χ0) is 22.8. The maximum atomic E-state index is 13.0. The van der Waals surface area contributed by atoms with Gasteiger partial charge in [-0.2, -0.15) is 0 Å². The summed E-state index contributed by atoms with van der Waals surface area (Å²) in [5.74, 6) is 0.217. The summed E-state index contributed by atoms with van der Waals surface area (Å²) in [6.45, 7) is 6.31. The van der Waals surface area contributed by atoms with Crippen molar-refractivity contribution in [3.63, 3.8) is 0 Å². The smallest absolute Gasteiger partial charge is 0.254 e. The molecule has 33 heavy (non-hydrogen) atoms. The Labute approximate surface area is 196 Å². The van der Waals surface area contributed by atoms with E-state index in [2.05, 4.69) is 11.0 Å². The average Bonchev–Trinajstić information content (AvgIpc) is 3.55. The third-order valence-electron chi connectivity index (χ3n) is 7.39. The summed E-state index contributed by atoms with van der Waals surface area (Å²) in [5.41, 5.74) is 4.82. The second kappa shape index (κ2) is 9.65. The van der Waals surface area contributed by atoms with Gasteiger partial charge in [0.25, 0.3) is 11.8 Å². The molecule has 0 aliphatic carbocycles. The van der Waals surface area contributed by atoms with Crippen LogP contribution >= 0.6 is 0 Å². The zero-order valence-electron chi connectivity index (χ0n) is 19.5. The Bertz CT molecular complexity index is 1010. The van der Waals surface area contributed by atoms with Crippen molar-refractivity contribution >= 4 is 11.8 Å². The lowest BCUT2D eigenvalue weighted by Gasteiger charge is -2.30. The van der Waals surface area contributed by atoms with Crippen molar-refractivity contribution in [3.05, 3.63) is 59.2 Å². The van der Waals surface area contributed by atoms with E-state index in [0.29, 0.717) is 12.1 Å². The fourth-order valence-electron chi connectivity index (χ4n) is 5.29.